The van der Waals surface area contributed by atoms with E-state index >= 15 is 0 Å². The molecule has 0 aliphatic carbocycles. The van der Waals surface area contributed by atoms with E-state index in [0.29, 0.717) is 0 Å². The summed E-state index contributed by atoms with van der Waals surface area (Å²) in [7, 11) is 1.68. The van der Waals surface area contributed by atoms with Gasteiger partial charge in [0, 0.05) is 25.9 Å². The van der Waals surface area contributed by atoms with Crippen LogP contribution in [0.3, 0.4) is 0 Å². The second-order valence-electron chi connectivity index (χ2n) is 6.40. The highest BCUT2D eigenvalue weighted by molar-refractivity contribution is 6.19. The summed E-state index contributed by atoms with van der Waals surface area (Å²) in [5, 5.41) is 1.91. The summed E-state index contributed by atoms with van der Waals surface area (Å²) in [5.41, 5.74) is 4.78. The van der Waals surface area contributed by atoms with Crippen LogP contribution in [-0.2, 0) is 14.4 Å². The molecule has 0 amide bonds. The zero-order valence-corrected chi connectivity index (χ0v) is 13.7. The highest BCUT2D eigenvalue weighted by Crippen LogP contribution is 2.39. The van der Waals surface area contributed by atoms with Crippen LogP contribution >= 0.6 is 0 Å². The number of aryl methyl sites for hydroxylation is 3. The molecule has 0 aromatic heterocycles. The van der Waals surface area contributed by atoms with Gasteiger partial charge in [-0.3, -0.25) is 0 Å². The highest BCUT2D eigenvalue weighted by atomic mass is 16.7. The first-order valence-electron chi connectivity index (χ1n) is 7.77. The molecule has 1 fully saturated rings. The molecule has 4 heteroatoms. The molecule has 1 spiro atoms. The first-order valence-corrected chi connectivity index (χ1v) is 7.77. The van der Waals surface area contributed by atoms with Crippen LogP contribution in [0, 0.1) is 20.8 Å². The van der Waals surface area contributed by atoms with E-state index in [2.05, 4.69) is 32.9 Å². The Morgan fingerprint density at radius 2 is 1.73 bits per heavy atom. The Morgan fingerprint density at radius 3 is 2.27 bits per heavy atom. The van der Waals surface area contributed by atoms with Crippen LogP contribution in [0.15, 0.2) is 18.2 Å². The predicted molar refractivity (Wildman–Crippen MR) is 85.3 cm³/mol. The number of carbonyl (C=O) groups excluding carboxylic acids is 1. The topological polar surface area (TPSA) is 38.8 Å². The van der Waals surface area contributed by atoms with Crippen molar-refractivity contribution in [2.45, 2.75) is 39.2 Å². The van der Waals surface area contributed by atoms with Crippen molar-refractivity contribution in [1.29, 1.82) is 0 Å². The van der Waals surface area contributed by atoms with Gasteiger partial charge in [-0.05, 0) is 43.5 Å². The molecule has 2 aliphatic heterocycles. The molecule has 0 bridgehead atoms. The fourth-order valence-corrected chi connectivity index (χ4v) is 3.66. The van der Waals surface area contributed by atoms with Gasteiger partial charge in [0.2, 0.25) is 0 Å². The van der Waals surface area contributed by atoms with Crippen LogP contribution in [0.5, 0.6) is 0 Å². The number of piperidine rings is 1. The molecule has 0 atom stereocenters. The highest BCUT2D eigenvalue weighted by Gasteiger charge is 2.43. The van der Waals surface area contributed by atoms with Crippen LogP contribution in [-0.4, -0.2) is 36.8 Å². The fourth-order valence-electron chi connectivity index (χ4n) is 3.66. The minimum Gasteiger partial charge on any atom is -0.451 e. The maximum atomic E-state index is 12.5. The Balaban J connectivity index is 1.95. The second kappa shape index (κ2) is 5.52. The second-order valence-corrected chi connectivity index (χ2v) is 6.40. The Morgan fingerprint density at radius 1 is 1.14 bits per heavy atom. The molecular weight excluding hydrogens is 278 g/mol. The van der Waals surface area contributed by atoms with Crippen molar-refractivity contribution in [2.24, 2.45) is 0 Å². The van der Waals surface area contributed by atoms with Crippen molar-refractivity contribution in [3.8, 4) is 0 Å². The molecule has 0 unspecified atom stereocenters. The lowest BCUT2D eigenvalue weighted by molar-refractivity contribution is -0.177. The first kappa shape index (κ1) is 15.3. The molecule has 0 radical (unpaired) electrons. The van der Waals surface area contributed by atoms with Crippen LogP contribution in [0.4, 0.5) is 0 Å². The Kier molecular flexibility index (Phi) is 3.83. The maximum absolute atomic E-state index is 12.5. The zero-order chi connectivity index (χ0) is 15.9. The average molecular weight is 301 g/mol. The van der Waals surface area contributed by atoms with Gasteiger partial charge in [-0.25, -0.2) is 4.79 Å². The van der Waals surface area contributed by atoms with E-state index in [1.54, 1.807) is 7.11 Å². The van der Waals surface area contributed by atoms with Gasteiger partial charge in [-0.2, -0.15) is 5.06 Å². The van der Waals surface area contributed by atoms with E-state index in [4.69, 9.17) is 9.57 Å². The third-order valence-corrected chi connectivity index (χ3v) is 4.70. The summed E-state index contributed by atoms with van der Waals surface area (Å²) < 4.78 is 5.78. The molecule has 4 nitrogen and oxygen atoms in total. The van der Waals surface area contributed by atoms with Gasteiger partial charge in [0.25, 0.3) is 0 Å². The monoisotopic (exact) mass is 301 g/mol. The lowest BCUT2D eigenvalue weighted by Crippen LogP contribution is -2.43. The quantitative estimate of drug-likeness (QED) is 0.787. The zero-order valence-electron chi connectivity index (χ0n) is 13.7. The summed E-state index contributed by atoms with van der Waals surface area (Å²) in [5.74, 6) is -0.194. The van der Waals surface area contributed by atoms with Crippen molar-refractivity contribution in [3.63, 3.8) is 0 Å². The van der Waals surface area contributed by atoms with Crippen LogP contribution in [0.25, 0.3) is 5.57 Å². The summed E-state index contributed by atoms with van der Waals surface area (Å²) in [6.45, 7) is 7.75. The summed E-state index contributed by atoms with van der Waals surface area (Å²) in [6.07, 6.45) is 3.60. The van der Waals surface area contributed by atoms with Crippen molar-refractivity contribution >= 4 is 11.5 Å². The van der Waals surface area contributed by atoms with E-state index < -0.39 is 5.60 Å². The number of hydrogen-bond donors (Lipinski definition) is 0. The lowest BCUT2D eigenvalue weighted by atomic mass is 9.88. The number of rotatable bonds is 2. The third kappa shape index (κ3) is 2.57. The molecule has 1 aromatic rings. The molecule has 2 heterocycles. The van der Waals surface area contributed by atoms with Crippen molar-refractivity contribution in [3.05, 3.63) is 40.5 Å². The predicted octanol–water partition coefficient (Wildman–Crippen LogP) is 2.95. The Bertz CT molecular complexity index is 617. The summed E-state index contributed by atoms with van der Waals surface area (Å²) >= 11 is 0. The largest absolute Gasteiger partial charge is 0.451 e. The fraction of sp³-hybridized carbons (Fsp3) is 0.500. The number of ether oxygens (including phenoxy) is 1. The molecule has 1 saturated heterocycles. The van der Waals surface area contributed by atoms with Crippen LogP contribution < -0.4 is 0 Å². The maximum Gasteiger partial charge on any atom is 0.339 e. The van der Waals surface area contributed by atoms with E-state index in [0.717, 1.165) is 48.2 Å². The van der Waals surface area contributed by atoms with E-state index in [-0.39, 0.29) is 5.97 Å². The average Bonchev–Trinajstić information content (AvgIpc) is 2.75. The molecule has 22 heavy (non-hydrogen) atoms. The van der Waals surface area contributed by atoms with E-state index in [1.807, 2.05) is 11.1 Å². The number of hydroxylamine groups is 2. The van der Waals surface area contributed by atoms with Gasteiger partial charge in [0.15, 0.2) is 0 Å². The molecule has 2 aliphatic rings. The number of nitrogens with zero attached hydrogens (tertiary/aromatic N) is 1. The third-order valence-electron chi connectivity index (χ3n) is 4.70. The number of carbonyl (C=O) groups is 1. The minimum absolute atomic E-state index is 0.194. The Hall–Kier alpha value is -1.65. The van der Waals surface area contributed by atoms with Gasteiger partial charge in [0.1, 0.15) is 5.60 Å². The normalized spacial score (nSPS) is 21.1. The first-order chi connectivity index (χ1) is 10.4. The standard InChI is InChI=1S/C18H23NO3/c1-12-9-13(2)16(14(3)10-12)15-11-18(22-17(15)20)5-7-19(21-4)8-6-18/h9-11H,5-8H2,1-4H3. The minimum atomic E-state index is -0.453. The van der Waals surface area contributed by atoms with Gasteiger partial charge >= 0.3 is 5.97 Å². The van der Waals surface area contributed by atoms with E-state index in [1.165, 1.54) is 5.56 Å². The number of hydrogen-bond acceptors (Lipinski definition) is 4. The van der Waals surface area contributed by atoms with Crippen molar-refractivity contribution < 1.29 is 14.4 Å². The van der Waals surface area contributed by atoms with Crippen molar-refractivity contribution in [1.82, 2.24) is 5.06 Å². The molecule has 0 saturated carbocycles. The summed E-state index contributed by atoms with van der Waals surface area (Å²) in [6, 6.07) is 4.24. The van der Waals surface area contributed by atoms with E-state index in [9.17, 15) is 4.79 Å². The Labute approximate surface area is 131 Å². The van der Waals surface area contributed by atoms with Crippen molar-refractivity contribution in [2.75, 3.05) is 20.2 Å². The van der Waals surface area contributed by atoms with Gasteiger partial charge in [0.05, 0.1) is 12.7 Å². The van der Waals surface area contributed by atoms with Crippen LogP contribution in [0.2, 0.25) is 0 Å². The van der Waals surface area contributed by atoms with Crippen LogP contribution in [0.1, 0.15) is 35.1 Å². The molecule has 0 N–H and O–H groups in total. The molecule has 1 aromatic carbocycles. The molecular formula is C18H23NO3. The number of esters is 1. The lowest BCUT2D eigenvalue weighted by Gasteiger charge is -2.35. The summed E-state index contributed by atoms with van der Waals surface area (Å²) in [4.78, 5) is 17.7. The number of benzene rings is 1. The molecule has 3 rings (SSSR count). The smallest absolute Gasteiger partial charge is 0.339 e. The molecule has 118 valence electrons. The SMILES string of the molecule is CON1CCC2(C=C(c3c(C)cc(C)cc3C)C(=O)O2)CC1. The van der Waals surface area contributed by atoms with Gasteiger partial charge in [-0.1, -0.05) is 17.7 Å². The van der Waals surface area contributed by atoms with Gasteiger partial charge in [-0.15, -0.1) is 0 Å². The van der Waals surface area contributed by atoms with Gasteiger partial charge < -0.3 is 9.57 Å².